The van der Waals surface area contributed by atoms with Gasteiger partial charge >= 0.3 is 0 Å². The number of rotatable bonds is 4. The molecule has 1 aromatic heterocycles. The highest BCUT2D eigenvalue weighted by Gasteiger charge is 2.28. The van der Waals surface area contributed by atoms with E-state index in [1.54, 1.807) is 18.4 Å². The maximum absolute atomic E-state index is 5.34. The molecule has 21 heavy (non-hydrogen) atoms. The minimum Gasteiger partial charge on any atom is -0.486 e. The van der Waals surface area contributed by atoms with Crippen molar-refractivity contribution in [3.63, 3.8) is 0 Å². The van der Waals surface area contributed by atoms with E-state index in [9.17, 15) is 0 Å². The Balaban J connectivity index is 0.00000161. The number of hydrogen-bond acceptors (Lipinski definition) is 5. The number of hydrogen-bond donors (Lipinski definition) is 1. The molecule has 0 amide bonds. The molecule has 3 heterocycles. The SMILES string of the molecule is COc1sc(CN2CCC(N3CCNCC3)C2)cc1Br.Cl. The molecule has 0 aliphatic carbocycles. The van der Waals surface area contributed by atoms with Crippen LogP contribution in [-0.2, 0) is 6.54 Å². The van der Waals surface area contributed by atoms with E-state index in [2.05, 4.69) is 37.1 Å². The molecule has 2 aliphatic heterocycles. The number of likely N-dealkylation sites (tertiary alicyclic amines) is 1. The number of nitrogens with one attached hydrogen (secondary N) is 1. The second kappa shape index (κ2) is 8.13. The zero-order valence-corrected chi connectivity index (χ0v) is 15.5. The van der Waals surface area contributed by atoms with Gasteiger partial charge < -0.3 is 10.1 Å². The third-order valence-electron chi connectivity index (χ3n) is 4.19. The van der Waals surface area contributed by atoms with Crippen LogP contribution in [0.15, 0.2) is 10.5 Å². The first-order chi connectivity index (χ1) is 9.76. The Morgan fingerprint density at radius 2 is 2.14 bits per heavy atom. The first-order valence-corrected chi connectivity index (χ1v) is 8.86. The van der Waals surface area contributed by atoms with Gasteiger partial charge in [0.05, 0.1) is 11.6 Å². The Morgan fingerprint density at radius 1 is 1.38 bits per heavy atom. The number of thiophene rings is 1. The lowest BCUT2D eigenvalue weighted by Crippen LogP contribution is -2.49. The topological polar surface area (TPSA) is 27.7 Å². The van der Waals surface area contributed by atoms with E-state index in [-0.39, 0.29) is 12.4 Å². The fourth-order valence-corrected chi connectivity index (χ4v) is 4.87. The van der Waals surface area contributed by atoms with Crippen LogP contribution in [0.5, 0.6) is 5.06 Å². The second-order valence-corrected chi connectivity index (χ2v) is 7.47. The van der Waals surface area contributed by atoms with Crippen LogP contribution in [0.25, 0.3) is 0 Å². The van der Waals surface area contributed by atoms with E-state index in [1.165, 1.54) is 37.5 Å². The van der Waals surface area contributed by atoms with Crippen molar-refractivity contribution in [2.24, 2.45) is 0 Å². The van der Waals surface area contributed by atoms with Gasteiger partial charge in [0.15, 0.2) is 5.06 Å². The first-order valence-electron chi connectivity index (χ1n) is 7.25. The summed E-state index contributed by atoms with van der Waals surface area (Å²) in [6, 6.07) is 2.95. The molecule has 1 atom stereocenters. The van der Waals surface area contributed by atoms with Crippen LogP contribution in [0.3, 0.4) is 0 Å². The number of nitrogens with zero attached hydrogens (tertiary/aromatic N) is 2. The lowest BCUT2D eigenvalue weighted by molar-refractivity contribution is 0.170. The average Bonchev–Trinajstić information content (AvgIpc) is 3.07. The lowest BCUT2D eigenvalue weighted by atomic mass is 10.2. The maximum atomic E-state index is 5.34. The van der Waals surface area contributed by atoms with Crippen LogP contribution in [-0.4, -0.2) is 62.2 Å². The molecule has 0 bridgehead atoms. The van der Waals surface area contributed by atoms with Crippen molar-refractivity contribution in [3.05, 3.63) is 15.4 Å². The smallest absolute Gasteiger partial charge is 0.188 e. The van der Waals surface area contributed by atoms with Crippen LogP contribution in [0.2, 0.25) is 0 Å². The molecule has 3 rings (SSSR count). The van der Waals surface area contributed by atoms with Gasteiger partial charge in [-0.1, -0.05) is 0 Å². The standard InChI is InChI=1S/C14H22BrN3OS.ClH/c1-19-14-13(15)8-12(20-14)10-17-5-2-11(9-17)18-6-3-16-4-7-18;/h8,11,16H,2-7,9-10H2,1H3;1H. The summed E-state index contributed by atoms with van der Waals surface area (Å²) in [6.07, 6.45) is 1.31. The Bertz CT molecular complexity index is 453. The van der Waals surface area contributed by atoms with Crippen LogP contribution >= 0.6 is 39.7 Å². The summed E-state index contributed by atoms with van der Waals surface area (Å²) in [5, 5.41) is 4.42. The molecule has 4 nitrogen and oxygen atoms in total. The summed E-state index contributed by atoms with van der Waals surface area (Å²) >= 11 is 5.30. The highest BCUT2D eigenvalue weighted by molar-refractivity contribution is 9.10. The molecule has 0 radical (unpaired) electrons. The van der Waals surface area contributed by atoms with Crippen LogP contribution in [0.4, 0.5) is 0 Å². The van der Waals surface area contributed by atoms with Gasteiger partial charge in [-0.15, -0.1) is 23.7 Å². The van der Waals surface area contributed by atoms with Crippen LogP contribution < -0.4 is 10.1 Å². The van der Waals surface area contributed by atoms with Crippen molar-refractivity contribution in [2.75, 3.05) is 46.4 Å². The van der Waals surface area contributed by atoms with E-state index in [0.717, 1.165) is 35.2 Å². The molecule has 0 saturated carbocycles. The maximum Gasteiger partial charge on any atom is 0.188 e. The largest absolute Gasteiger partial charge is 0.486 e. The van der Waals surface area contributed by atoms with Gasteiger partial charge in [0.25, 0.3) is 0 Å². The number of methoxy groups -OCH3 is 1. The number of halogens is 2. The number of piperazine rings is 1. The van der Waals surface area contributed by atoms with E-state index in [4.69, 9.17) is 4.74 Å². The van der Waals surface area contributed by atoms with E-state index >= 15 is 0 Å². The summed E-state index contributed by atoms with van der Waals surface area (Å²) in [5.74, 6) is 0. The van der Waals surface area contributed by atoms with Gasteiger partial charge in [-0.3, -0.25) is 9.80 Å². The molecule has 2 fully saturated rings. The molecule has 7 heteroatoms. The zero-order chi connectivity index (χ0) is 13.9. The average molecular weight is 397 g/mol. The highest BCUT2D eigenvalue weighted by Crippen LogP contribution is 2.35. The third kappa shape index (κ3) is 4.33. The molecule has 2 saturated heterocycles. The van der Waals surface area contributed by atoms with Gasteiger partial charge in [0.1, 0.15) is 0 Å². The summed E-state index contributed by atoms with van der Waals surface area (Å²) in [7, 11) is 1.73. The van der Waals surface area contributed by atoms with Crippen LogP contribution in [0, 0.1) is 0 Å². The Hall–Kier alpha value is 0.150. The van der Waals surface area contributed by atoms with Crippen molar-refractivity contribution in [3.8, 4) is 5.06 Å². The van der Waals surface area contributed by atoms with Gasteiger partial charge in [-0.05, 0) is 28.4 Å². The Labute approximate surface area is 145 Å². The normalized spacial score (nSPS) is 24.0. The molecule has 1 unspecified atom stereocenters. The molecule has 0 aromatic carbocycles. The van der Waals surface area contributed by atoms with E-state index < -0.39 is 0 Å². The lowest BCUT2D eigenvalue weighted by Gasteiger charge is -2.32. The summed E-state index contributed by atoms with van der Waals surface area (Å²) in [5.41, 5.74) is 0. The minimum absolute atomic E-state index is 0. The third-order valence-corrected chi connectivity index (χ3v) is 6.12. The van der Waals surface area contributed by atoms with Gasteiger partial charge in [0.2, 0.25) is 0 Å². The summed E-state index contributed by atoms with van der Waals surface area (Å²) in [6.45, 7) is 8.17. The monoisotopic (exact) mass is 395 g/mol. The fourth-order valence-electron chi connectivity index (χ4n) is 3.14. The highest BCUT2D eigenvalue weighted by atomic mass is 79.9. The van der Waals surface area contributed by atoms with E-state index in [1.807, 2.05) is 0 Å². The Morgan fingerprint density at radius 3 is 2.81 bits per heavy atom. The van der Waals surface area contributed by atoms with Crippen molar-refractivity contribution in [2.45, 2.75) is 19.0 Å². The van der Waals surface area contributed by atoms with Crippen molar-refractivity contribution < 1.29 is 4.74 Å². The van der Waals surface area contributed by atoms with E-state index in [0.29, 0.717) is 0 Å². The molecule has 2 aliphatic rings. The van der Waals surface area contributed by atoms with Crippen LogP contribution in [0.1, 0.15) is 11.3 Å². The molecule has 120 valence electrons. The molecular formula is C14H23BrClN3OS. The molecule has 0 spiro atoms. The Kier molecular flexibility index (Phi) is 6.78. The first kappa shape index (κ1) is 17.5. The number of ether oxygens (including phenoxy) is 1. The second-order valence-electron chi connectivity index (χ2n) is 5.52. The molecule has 1 aromatic rings. The fraction of sp³-hybridized carbons (Fsp3) is 0.714. The predicted molar refractivity (Wildman–Crippen MR) is 93.9 cm³/mol. The van der Waals surface area contributed by atoms with Crippen molar-refractivity contribution in [1.82, 2.24) is 15.1 Å². The summed E-state index contributed by atoms with van der Waals surface area (Å²) < 4.78 is 6.43. The molecule has 1 N–H and O–H groups in total. The zero-order valence-electron chi connectivity index (χ0n) is 12.3. The molecular weight excluding hydrogens is 374 g/mol. The quantitative estimate of drug-likeness (QED) is 0.846. The summed E-state index contributed by atoms with van der Waals surface area (Å²) in [4.78, 5) is 6.61. The minimum atomic E-state index is 0. The van der Waals surface area contributed by atoms with Gasteiger partial charge in [0, 0.05) is 56.7 Å². The predicted octanol–water partition coefficient (Wildman–Crippen LogP) is 2.42. The van der Waals surface area contributed by atoms with Gasteiger partial charge in [-0.2, -0.15) is 0 Å². The van der Waals surface area contributed by atoms with Crippen molar-refractivity contribution >= 4 is 39.7 Å². The van der Waals surface area contributed by atoms with Gasteiger partial charge in [-0.25, -0.2) is 0 Å². The van der Waals surface area contributed by atoms with Crippen molar-refractivity contribution in [1.29, 1.82) is 0 Å².